The molecule has 1 aromatic rings. The number of H-pyrrole nitrogens is 1. The highest BCUT2D eigenvalue weighted by Gasteiger charge is 2.16. The third kappa shape index (κ3) is 3.17. The molecule has 1 aliphatic heterocycles. The molecule has 1 aromatic heterocycles. The molecule has 5 heteroatoms. The van der Waals surface area contributed by atoms with E-state index in [9.17, 15) is 9.59 Å². The quantitative estimate of drug-likeness (QED) is 0.687. The molecule has 0 bridgehead atoms. The van der Waals surface area contributed by atoms with Gasteiger partial charge in [-0.2, -0.15) is 0 Å². The highest BCUT2D eigenvalue weighted by molar-refractivity contribution is 5.93. The second kappa shape index (κ2) is 5.63. The van der Waals surface area contributed by atoms with E-state index < -0.39 is 0 Å². The minimum absolute atomic E-state index is 0.115. The normalized spacial score (nSPS) is 20.6. The lowest BCUT2D eigenvalue weighted by Gasteiger charge is -2.15. The Morgan fingerprint density at radius 3 is 3.12 bits per heavy atom. The minimum atomic E-state index is -0.291. The molecule has 92 valence electrons. The molecule has 0 aliphatic carbocycles. The summed E-state index contributed by atoms with van der Waals surface area (Å²) in [5, 5.41) is 6.16. The molecule has 1 unspecified atom stereocenters. The Labute approximate surface area is 99.6 Å². The van der Waals surface area contributed by atoms with Crippen molar-refractivity contribution in [2.24, 2.45) is 0 Å². The van der Waals surface area contributed by atoms with Crippen molar-refractivity contribution in [3.8, 4) is 0 Å². The van der Waals surface area contributed by atoms with Gasteiger partial charge in [0.1, 0.15) is 5.56 Å². The van der Waals surface area contributed by atoms with Crippen LogP contribution in [-0.2, 0) is 0 Å². The van der Waals surface area contributed by atoms with Gasteiger partial charge < -0.3 is 15.6 Å². The summed E-state index contributed by atoms with van der Waals surface area (Å²) in [5.41, 5.74) is -0.0698. The van der Waals surface area contributed by atoms with Crippen LogP contribution in [0.3, 0.4) is 0 Å². The SMILES string of the molecule is O=C(NC1CCCCNC1)c1c[nH]ccc1=O. The molecule has 1 aliphatic rings. The second-order valence-electron chi connectivity index (χ2n) is 4.29. The van der Waals surface area contributed by atoms with Crippen molar-refractivity contribution in [2.45, 2.75) is 25.3 Å². The van der Waals surface area contributed by atoms with Crippen LogP contribution >= 0.6 is 0 Å². The molecule has 0 saturated carbocycles. The Bertz CT molecular complexity index is 433. The first-order valence-electron chi connectivity index (χ1n) is 5.96. The average molecular weight is 235 g/mol. The first-order valence-corrected chi connectivity index (χ1v) is 5.96. The topological polar surface area (TPSA) is 74.0 Å². The number of nitrogens with one attached hydrogen (secondary N) is 3. The van der Waals surface area contributed by atoms with Crippen molar-refractivity contribution < 1.29 is 4.79 Å². The molecular weight excluding hydrogens is 218 g/mol. The first kappa shape index (κ1) is 11.9. The van der Waals surface area contributed by atoms with Crippen molar-refractivity contribution in [3.05, 3.63) is 34.2 Å². The number of carbonyl (C=O) groups excluding carboxylic acids is 1. The molecule has 0 spiro atoms. The molecule has 3 N–H and O–H groups in total. The zero-order chi connectivity index (χ0) is 12.1. The summed E-state index contributed by atoms with van der Waals surface area (Å²) in [6, 6.07) is 1.48. The van der Waals surface area contributed by atoms with Gasteiger partial charge in [-0.25, -0.2) is 0 Å². The van der Waals surface area contributed by atoms with E-state index in [1.807, 2.05) is 0 Å². The van der Waals surface area contributed by atoms with E-state index in [-0.39, 0.29) is 22.9 Å². The van der Waals surface area contributed by atoms with Crippen LogP contribution in [0.15, 0.2) is 23.3 Å². The summed E-state index contributed by atoms with van der Waals surface area (Å²) in [5.74, 6) is -0.291. The van der Waals surface area contributed by atoms with Gasteiger partial charge in [0.2, 0.25) is 0 Å². The van der Waals surface area contributed by atoms with E-state index in [0.29, 0.717) is 0 Å². The maximum absolute atomic E-state index is 11.9. The Morgan fingerprint density at radius 1 is 1.41 bits per heavy atom. The van der Waals surface area contributed by atoms with E-state index in [0.717, 1.165) is 32.4 Å². The van der Waals surface area contributed by atoms with Crippen molar-refractivity contribution in [2.75, 3.05) is 13.1 Å². The van der Waals surface area contributed by atoms with E-state index in [2.05, 4.69) is 15.6 Å². The number of pyridine rings is 1. The Hall–Kier alpha value is -1.62. The highest BCUT2D eigenvalue weighted by atomic mass is 16.2. The Balaban J connectivity index is 2.01. The van der Waals surface area contributed by atoms with Crippen LogP contribution in [0, 0.1) is 0 Å². The number of amides is 1. The third-order valence-corrected chi connectivity index (χ3v) is 2.95. The summed E-state index contributed by atoms with van der Waals surface area (Å²) >= 11 is 0. The average Bonchev–Trinajstić information content (AvgIpc) is 2.58. The van der Waals surface area contributed by atoms with Gasteiger partial charge in [-0.05, 0) is 19.4 Å². The van der Waals surface area contributed by atoms with Crippen LogP contribution in [0.5, 0.6) is 0 Å². The van der Waals surface area contributed by atoms with Crippen molar-refractivity contribution >= 4 is 5.91 Å². The molecule has 1 atom stereocenters. The lowest BCUT2D eigenvalue weighted by molar-refractivity contribution is 0.0934. The molecule has 1 amide bonds. The van der Waals surface area contributed by atoms with E-state index >= 15 is 0 Å². The summed E-state index contributed by atoms with van der Waals surface area (Å²) in [4.78, 5) is 26.1. The summed E-state index contributed by atoms with van der Waals surface area (Å²) in [6.07, 6.45) is 6.17. The summed E-state index contributed by atoms with van der Waals surface area (Å²) in [6.45, 7) is 1.77. The van der Waals surface area contributed by atoms with Crippen LogP contribution in [0.2, 0.25) is 0 Å². The number of rotatable bonds is 2. The zero-order valence-corrected chi connectivity index (χ0v) is 9.66. The largest absolute Gasteiger partial charge is 0.367 e. The highest BCUT2D eigenvalue weighted by Crippen LogP contribution is 2.04. The Kier molecular flexibility index (Phi) is 3.93. The monoisotopic (exact) mass is 235 g/mol. The minimum Gasteiger partial charge on any atom is -0.367 e. The summed E-state index contributed by atoms with van der Waals surface area (Å²) in [7, 11) is 0. The van der Waals surface area contributed by atoms with E-state index in [1.165, 1.54) is 18.5 Å². The fraction of sp³-hybridized carbons (Fsp3) is 0.500. The standard InChI is InChI=1S/C12H17N3O2/c16-11-4-6-14-8-10(11)12(17)15-9-3-1-2-5-13-7-9/h4,6,8-9,13H,1-3,5,7H2,(H,14,16)(H,15,17). The van der Waals surface area contributed by atoms with Gasteiger partial charge in [-0.15, -0.1) is 0 Å². The maximum Gasteiger partial charge on any atom is 0.257 e. The molecule has 1 saturated heterocycles. The number of hydrogen-bond donors (Lipinski definition) is 3. The lowest BCUT2D eigenvalue weighted by atomic mass is 10.1. The summed E-state index contributed by atoms with van der Waals surface area (Å²) < 4.78 is 0. The predicted molar refractivity (Wildman–Crippen MR) is 65.0 cm³/mol. The molecule has 5 nitrogen and oxygen atoms in total. The van der Waals surface area contributed by atoms with Crippen LogP contribution in [0.1, 0.15) is 29.6 Å². The predicted octanol–water partition coefficient (Wildman–Crippen LogP) is 0.247. The molecule has 2 rings (SSSR count). The zero-order valence-electron chi connectivity index (χ0n) is 9.66. The molecule has 17 heavy (non-hydrogen) atoms. The fourth-order valence-corrected chi connectivity index (χ4v) is 2.00. The van der Waals surface area contributed by atoms with Gasteiger partial charge >= 0.3 is 0 Å². The van der Waals surface area contributed by atoms with Gasteiger partial charge in [0.05, 0.1) is 0 Å². The van der Waals surface area contributed by atoms with Gasteiger partial charge in [0.15, 0.2) is 5.43 Å². The van der Waals surface area contributed by atoms with Crippen LogP contribution in [-0.4, -0.2) is 30.0 Å². The molecule has 1 fully saturated rings. The van der Waals surface area contributed by atoms with Crippen molar-refractivity contribution in [3.63, 3.8) is 0 Å². The van der Waals surface area contributed by atoms with Crippen LogP contribution in [0.25, 0.3) is 0 Å². The fourth-order valence-electron chi connectivity index (χ4n) is 2.00. The molecular formula is C12H17N3O2. The van der Waals surface area contributed by atoms with Gasteiger partial charge in [0, 0.05) is 31.0 Å². The molecule has 0 radical (unpaired) electrons. The second-order valence-corrected chi connectivity index (χ2v) is 4.29. The maximum atomic E-state index is 11.9. The van der Waals surface area contributed by atoms with E-state index in [4.69, 9.17) is 0 Å². The van der Waals surface area contributed by atoms with Crippen LogP contribution < -0.4 is 16.1 Å². The first-order chi connectivity index (χ1) is 8.27. The third-order valence-electron chi connectivity index (χ3n) is 2.95. The van der Waals surface area contributed by atoms with Crippen LogP contribution in [0.4, 0.5) is 0 Å². The van der Waals surface area contributed by atoms with Crippen molar-refractivity contribution in [1.29, 1.82) is 0 Å². The van der Waals surface area contributed by atoms with Crippen molar-refractivity contribution in [1.82, 2.24) is 15.6 Å². The van der Waals surface area contributed by atoms with Gasteiger partial charge in [0.25, 0.3) is 5.91 Å². The van der Waals surface area contributed by atoms with E-state index in [1.54, 1.807) is 0 Å². The number of carbonyl (C=O) groups is 1. The Morgan fingerprint density at radius 2 is 2.29 bits per heavy atom. The number of aromatic nitrogens is 1. The number of aromatic amines is 1. The lowest BCUT2D eigenvalue weighted by Crippen LogP contribution is -2.42. The van der Waals surface area contributed by atoms with Gasteiger partial charge in [-0.1, -0.05) is 6.42 Å². The smallest absolute Gasteiger partial charge is 0.257 e. The number of hydrogen-bond acceptors (Lipinski definition) is 3. The van der Waals surface area contributed by atoms with Gasteiger partial charge in [-0.3, -0.25) is 9.59 Å². The molecule has 0 aromatic carbocycles. The molecule has 2 heterocycles.